The van der Waals surface area contributed by atoms with Gasteiger partial charge in [0.05, 0.1) is 11.9 Å². The van der Waals surface area contributed by atoms with Crippen LogP contribution >= 0.6 is 0 Å². The van der Waals surface area contributed by atoms with Gasteiger partial charge in [0.1, 0.15) is 5.82 Å². The van der Waals surface area contributed by atoms with E-state index in [1.807, 2.05) is 18.2 Å². The molecule has 0 fully saturated rings. The molecular weight excluding hydrogens is 295 g/mol. The molecule has 1 aromatic carbocycles. The van der Waals surface area contributed by atoms with E-state index in [1.54, 1.807) is 6.20 Å². The second-order valence-corrected chi connectivity index (χ2v) is 5.51. The van der Waals surface area contributed by atoms with Gasteiger partial charge in [0.15, 0.2) is 11.5 Å². The second kappa shape index (κ2) is 5.83. The lowest BCUT2D eigenvalue weighted by Gasteiger charge is -2.16. The number of fused-ring (bicyclic) bond motifs is 1. The van der Waals surface area contributed by atoms with Crippen LogP contribution in [-0.4, -0.2) is 24.0 Å². The van der Waals surface area contributed by atoms with Gasteiger partial charge in [-0.2, -0.15) is 0 Å². The summed E-state index contributed by atoms with van der Waals surface area (Å²) >= 11 is 0. The Kier molecular flexibility index (Phi) is 3.54. The van der Waals surface area contributed by atoms with Crippen molar-refractivity contribution >= 4 is 11.8 Å². The normalized spacial score (nSPS) is 18.1. The van der Waals surface area contributed by atoms with E-state index < -0.39 is 0 Å². The number of nitrogens with zero attached hydrogens (tertiary/aromatic N) is 2. The number of pyridine rings is 1. The zero-order valence-corrected chi connectivity index (χ0v) is 12.5. The number of hydrogen-bond donors (Lipinski definition) is 0. The summed E-state index contributed by atoms with van der Waals surface area (Å²) in [7, 11) is 0. The third-order valence-electron chi connectivity index (χ3n) is 3.89. The topological polar surface area (TPSA) is 43.7 Å². The molecule has 23 heavy (non-hydrogen) atoms. The molecule has 0 aliphatic carbocycles. The number of ether oxygens (including phenoxy) is 2. The van der Waals surface area contributed by atoms with Crippen molar-refractivity contribution in [1.29, 1.82) is 0 Å². The Bertz CT molecular complexity index is 814. The third-order valence-corrected chi connectivity index (χ3v) is 3.89. The van der Waals surface area contributed by atoms with E-state index in [-0.39, 0.29) is 12.6 Å². The van der Waals surface area contributed by atoms with E-state index in [0.717, 1.165) is 53.3 Å². The molecule has 116 valence electrons. The van der Waals surface area contributed by atoms with Gasteiger partial charge in [-0.15, -0.1) is 0 Å². The van der Waals surface area contributed by atoms with Crippen molar-refractivity contribution in [3.05, 3.63) is 59.2 Å². The number of hydrogen-bond acceptors (Lipinski definition) is 4. The molecule has 0 bridgehead atoms. The average molecular weight is 310 g/mol. The van der Waals surface area contributed by atoms with Crippen molar-refractivity contribution in [3.8, 4) is 11.5 Å². The Balaban J connectivity index is 1.71. The number of halogens is 1. The van der Waals surface area contributed by atoms with E-state index in [2.05, 4.69) is 16.1 Å². The monoisotopic (exact) mass is 310 g/mol. The van der Waals surface area contributed by atoms with Crippen molar-refractivity contribution < 1.29 is 13.9 Å². The maximum atomic E-state index is 13.5. The summed E-state index contributed by atoms with van der Waals surface area (Å²) in [6.07, 6.45) is 6.83. The maximum absolute atomic E-state index is 13.5. The van der Waals surface area contributed by atoms with Gasteiger partial charge in [0, 0.05) is 18.3 Å². The van der Waals surface area contributed by atoms with Crippen LogP contribution in [0.2, 0.25) is 0 Å². The van der Waals surface area contributed by atoms with Crippen LogP contribution in [0.5, 0.6) is 11.5 Å². The Morgan fingerprint density at radius 1 is 1.09 bits per heavy atom. The fraction of sp³-hybridized carbons (Fsp3) is 0.222. The van der Waals surface area contributed by atoms with Gasteiger partial charge in [0.25, 0.3) is 0 Å². The average Bonchev–Trinajstić information content (AvgIpc) is 3.03. The van der Waals surface area contributed by atoms with E-state index in [0.29, 0.717) is 0 Å². The first-order valence-corrected chi connectivity index (χ1v) is 7.55. The van der Waals surface area contributed by atoms with Crippen molar-refractivity contribution in [2.75, 3.05) is 13.3 Å². The highest BCUT2D eigenvalue weighted by molar-refractivity contribution is 6.15. The molecular formula is C18H15FN2O2. The summed E-state index contributed by atoms with van der Waals surface area (Å²) in [6, 6.07) is 7.31. The van der Waals surface area contributed by atoms with Crippen LogP contribution in [-0.2, 0) is 0 Å². The molecule has 5 heteroatoms. The predicted octanol–water partition coefficient (Wildman–Crippen LogP) is 3.62. The van der Waals surface area contributed by atoms with Crippen molar-refractivity contribution in [2.45, 2.75) is 12.8 Å². The van der Waals surface area contributed by atoms with Crippen LogP contribution in [0.15, 0.2) is 47.2 Å². The Morgan fingerprint density at radius 3 is 2.91 bits per heavy atom. The highest BCUT2D eigenvalue weighted by Crippen LogP contribution is 2.33. The lowest BCUT2D eigenvalue weighted by atomic mass is 9.95. The Hall–Kier alpha value is -2.69. The number of rotatable bonds is 2. The number of allylic oxidation sites excluding steroid dienone is 1. The van der Waals surface area contributed by atoms with E-state index in [1.165, 1.54) is 12.3 Å². The third kappa shape index (κ3) is 2.82. The SMILES string of the molecule is Fc1cncc(C2=NCCCC2=Cc2ccc3c(c2)OCO3)c1. The summed E-state index contributed by atoms with van der Waals surface area (Å²) in [5.74, 6) is 1.17. The summed E-state index contributed by atoms with van der Waals surface area (Å²) < 4.78 is 24.2. The summed E-state index contributed by atoms with van der Waals surface area (Å²) in [5.41, 5.74) is 3.64. The lowest BCUT2D eigenvalue weighted by molar-refractivity contribution is 0.174. The summed E-state index contributed by atoms with van der Waals surface area (Å²) in [5, 5.41) is 0. The molecule has 0 unspecified atom stereocenters. The zero-order chi connectivity index (χ0) is 15.6. The minimum Gasteiger partial charge on any atom is -0.454 e. The van der Waals surface area contributed by atoms with Crippen molar-refractivity contribution in [3.63, 3.8) is 0 Å². The molecule has 2 aliphatic heterocycles. The van der Waals surface area contributed by atoms with Crippen LogP contribution in [0.25, 0.3) is 6.08 Å². The molecule has 0 spiro atoms. The molecule has 0 amide bonds. The van der Waals surface area contributed by atoms with Gasteiger partial charge < -0.3 is 9.47 Å². The van der Waals surface area contributed by atoms with Crippen LogP contribution in [0.3, 0.4) is 0 Å². The van der Waals surface area contributed by atoms with Crippen molar-refractivity contribution in [2.24, 2.45) is 4.99 Å². The highest BCUT2D eigenvalue weighted by atomic mass is 19.1. The molecule has 1 aromatic heterocycles. The van der Waals surface area contributed by atoms with E-state index in [4.69, 9.17) is 9.47 Å². The summed E-state index contributed by atoms with van der Waals surface area (Å²) in [6.45, 7) is 1.02. The van der Waals surface area contributed by atoms with Crippen molar-refractivity contribution in [1.82, 2.24) is 4.98 Å². The number of benzene rings is 1. The lowest BCUT2D eigenvalue weighted by Crippen LogP contribution is -2.12. The first-order chi connectivity index (χ1) is 11.3. The number of aliphatic imine (C=N–C) groups is 1. The first kappa shape index (κ1) is 13.9. The van der Waals surface area contributed by atoms with Crippen LogP contribution in [0.4, 0.5) is 4.39 Å². The molecule has 0 saturated carbocycles. The predicted molar refractivity (Wildman–Crippen MR) is 85.4 cm³/mol. The van der Waals surface area contributed by atoms with E-state index in [9.17, 15) is 4.39 Å². The zero-order valence-electron chi connectivity index (χ0n) is 12.5. The fourth-order valence-electron chi connectivity index (χ4n) is 2.84. The smallest absolute Gasteiger partial charge is 0.231 e. The molecule has 2 aliphatic rings. The van der Waals surface area contributed by atoms with Gasteiger partial charge in [-0.3, -0.25) is 9.98 Å². The fourth-order valence-corrected chi connectivity index (χ4v) is 2.84. The van der Waals surface area contributed by atoms with Gasteiger partial charge in [0.2, 0.25) is 6.79 Å². The van der Waals surface area contributed by atoms with E-state index >= 15 is 0 Å². The van der Waals surface area contributed by atoms with Crippen LogP contribution in [0, 0.1) is 5.82 Å². The molecule has 0 radical (unpaired) electrons. The number of aromatic nitrogens is 1. The van der Waals surface area contributed by atoms with Crippen LogP contribution < -0.4 is 9.47 Å². The van der Waals surface area contributed by atoms with Gasteiger partial charge in [-0.1, -0.05) is 6.07 Å². The Morgan fingerprint density at radius 2 is 2.00 bits per heavy atom. The maximum Gasteiger partial charge on any atom is 0.231 e. The summed E-state index contributed by atoms with van der Waals surface area (Å²) in [4.78, 5) is 8.51. The largest absolute Gasteiger partial charge is 0.454 e. The first-order valence-electron chi connectivity index (χ1n) is 7.55. The molecule has 4 nitrogen and oxygen atoms in total. The molecule has 0 N–H and O–H groups in total. The quantitative estimate of drug-likeness (QED) is 0.851. The van der Waals surface area contributed by atoms with Gasteiger partial charge >= 0.3 is 0 Å². The minimum absolute atomic E-state index is 0.261. The van der Waals surface area contributed by atoms with Gasteiger partial charge in [-0.25, -0.2) is 4.39 Å². The van der Waals surface area contributed by atoms with Gasteiger partial charge in [-0.05, 0) is 48.3 Å². The highest BCUT2D eigenvalue weighted by Gasteiger charge is 2.17. The molecule has 0 atom stereocenters. The Labute approximate surface area is 133 Å². The van der Waals surface area contributed by atoms with Crippen LogP contribution in [0.1, 0.15) is 24.0 Å². The standard InChI is InChI=1S/C18H15FN2O2/c19-15-8-14(9-20-10-15)18-13(2-1-5-21-18)6-12-3-4-16-17(7-12)23-11-22-16/h3-4,6-10H,1-2,5,11H2. The second-order valence-electron chi connectivity index (χ2n) is 5.51. The molecule has 2 aromatic rings. The molecule has 0 saturated heterocycles. The molecule has 3 heterocycles. The minimum atomic E-state index is -0.349. The molecule has 4 rings (SSSR count).